The van der Waals surface area contributed by atoms with Crippen molar-refractivity contribution in [3.8, 4) is 0 Å². The van der Waals surface area contributed by atoms with Gasteiger partial charge in [-0.2, -0.15) is 0 Å². The van der Waals surface area contributed by atoms with Crippen LogP contribution in [0.2, 0.25) is 0 Å². The largest absolute Gasteiger partial charge is 0.289 e. The molecule has 0 atom stereocenters. The molecular weight excluding hydrogens is 255 g/mol. The number of carbonyl (C=O) groups excluding carboxylic acids is 2. The lowest BCUT2D eigenvalue weighted by Gasteiger charge is -1.97. The summed E-state index contributed by atoms with van der Waals surface area (Å²) in [4.78, 5) is 22.2. The zero-order valence-electron chi connectivity index (χ0n) is 6.59. The standard InChI is InChI=1S/C9H6BrClO2/c10-7-3-1-2-6(4-7)9(13)8(12)5-11/h1-4H,5H2. The molecule has 0 aliphatic rings. The summed E-state index contributed by atoms with van der Waals surface area (Å²) >= 11 is 8.46. The number of halogens is 2. The summed E-state index contributed by atoms with van der Waals surface area (Å²) in [7, 11) is 0. The van der Waals surface area contributed by atoms with Crippen LogP contribution in [0.5, 0.6) is 0 Å². The molecule has 1 rings (SSSR count). The molecule has 0 saturated carbocycles. The van der Waals surface area contributed by atoms with Gasteiger partial charge < -0.3 is 0 Å². The fourth-order valence-electron chi connectivity index (χ4n) is 0.851. The van der Waals surface area contributed by atoms with Gasteiger partial charge in [-0.25, -0.2) is 0 Å². The number of carbonyl (C=O) groups is 2. The van der Waals surface area contributed by atoms with E-state index in [2.05, 4.69) is 15.9 Å². The number of alkyl halides is 1. The summed E-state index contributed by atoms with van der Waals surface area (Å²) in [5, 5.41) is 0. The molecule has 1 aromatic carbocycles. The fourth-order valence-corrected chi connectivity index (χ4v) is 1.37. The quantitative estimate of drug-likeness (QED) is 0.476. The molecule has 0 N–H and O–H groups in total. The number of ketones is 2. The van der Waals surface area contributed by atoms with Crippen LogP contribution in [-0.2, 0) is 4.79 Å². The SMILES string of the molecule is O=C(CCl)C(=O)c1cccc(Br)c1. The molecule has 0 aliphatic heterocycles. The predicted octanol–water partition coefficient (Wildman–Crippen LogP) is 2.44. The van der Waals surface area contributed by atoms with Gasteiger partial charge in [-0.1, -0.05) is 28.1 Å². The van der Waals surface area contributed by atoms with E-state index in [4.69, 9.17) is 11.6 Å². The maximum absolute atomic E-state index is 11.3. The second kappa shape index (κ2) is 4.53. The van der Waals surface area contributed by atoms with E-state index >= 15 is 0 Å². The smallest absolute Gasteiger partial charge is 0.229 e. The van der Waals surface area contributed by atoms with Crippen LogP contribution < -0.4 is 0 Å². The van der Waals surface area contributed by atoms with Crippen molar-refractivity contribution in [2.45, 2.75) is 0 Å². The van der Waals surface area contributed by atoms with Crippen LogP contribution in [0.25, 0.3) is 0 Å². The van der Waals surface area contributed by atoms with Gasteiger partial charge in [0.25, 0.3) is 0 Å². The second-order valence-corrected chi connectivity index (χ2v) is 3.58. The van der Waals surface area contributed by atoms with E-state index in [-0.39, 0.29) is 5.88 Å². The molecule has 0 saturated heterocycles. The minimum atomic E-state index is -0.584. The topological polar surface area (TPSA) is 34.1 Å². The molecule has 0 bridgehead atoms. The van der Waals surface area contributed by atoms with E-state index in [0.717, 1.165) is 4.47 Å². The summed E-state index contributed by atoms with van der Waals surface area (Å²) in [6, 6.07) is 6.64. The Hall–Kier alpha value is -0.670. The number of hydrogen-bond acceptors (Lipinski definition) is 2. The first-order valence-corrected chi connectivity index (χ1v) is 4.87. The Labute approximate surface area is 89.0 Å². The normalized spacial score (nSPS) is 9.69. The van der Waals surface area contributed by atoms with Crippen molar-refractivity contribution in [3.63, 3.8) is 0 Å². The van der Waals surface area contributed by atoms with Crippen molar-refractivity contribution >= 4 is 39.1 Å². The minimum Gasteiger partial charge on any atom is -0.289 e. The van der Waals surface area contributed by atoms with Crippen molar-refractivity contribution in [2.75, 3.05) is 5.88 Å². The highest BCUT2D eigenvalue weighted by Crippen LogP contribution is 2.12. The molecule has 0 heterocycles. The molecule has 0 unspecified atom stereocenters. The van der Waals surface area contributed by atoms with Gasteiger partial charge in [0.1, 0.15) is 0 Å². The average Bonchev–Trinajstić information content (AvgIpc) is 2.15. The Morgan fingerprint density at radius 3 is 2.62 bits per heavy atom. The maximum Gasteiger partial charge on any atom is 0.229 e. The summed E-state index contributed by atoms with van der Waals surface area (Å²) in [5.41, 5.74) is 0.361. The molecule has 13 heavy (non-hydrogen) atoms. The first-order valence-electron chi connectivity index (χ1n) is 3.54. The number of rotatable bonds is 3. The molecule has 1 aromatic rings. The summed E-state index contributed by atoms with van der Waals surface area (Å²) in [6.45, 7) is 0. The van der Waals surface area contributed by atoms with Crippen LogP contribution >= 0.6 is 27.5 Å². The monoisotopic (exact) mass is 260 g/mol. The molecule has 0 aromatic heterocycles. The maximum atomic E-state index is 11.3. The molecule has 0 aliphatic carbocycles. The highest BCUT2D eigenvalue weighted by Gasteiger charge is 2.14. The Bertz CT molecular complexity index is 349. The lowest BCUT2D eigenvalue weighted by Crippen LogP contribution is -2.15. The van der Waals surface area contributed by atoms with Gasteiger partial charge in [-0.15, -0.1) is 11.6 Å². The molecule has 0 radical (unpaired) electrons. The third-order valence-electron chi connectivity index (χ3n) is 1.46. The van der Waals surface area contributed by atoms with Crippen LogP contribution in [0, 0.1) is 0 Å². The van der Waals surface area contributed by atoms with Crippen molar-refractivity contribution in [1.29, 1.82) is 0 Å². The zero-order valence-corrected chi connectivity index (χ0v) is 8.93. The number of benzene rings is 1. The molecule has 0 amide bonds. The van der Waals surface area contributed by atoms with Crippen molar-refractivity contribution in [1.82, 2.24) is 0 Å². The van der Waals surface area contributed by atoms with E-state index in [1.807, 2.05) is 0 Å². The zero-order chi connectivity index (χ0) is 9.84. The van der Waals surface area contributed by atoms with E-state index in [1.165, 1.54) is 0 Å². The van der Waals surface area contributed by atoms with Crippen LogP contribution in [0.15, 0.2) is 28.7 Å². The van der Waals surface area contributed by atoms with Crippen molar-refractivity contribution in [2.24, 2.45) is 0 Å². The highest BCUT2D eigenvalue weighted by molar-refractivity contribution is 9.10. The van der Waals surface area contributed by atoms with E-state index in [9.17, 15) is 9.59 Å². The molecule has 68 valence electrons. The van der Waals surface area contributed by atoms with Crippen LogP contribution in [0.3, 0.4) is 0 Å². The van der Waals surface area contributed by atoms with Crippen LogP contribution in [0.1, 0.15) is 10.4 Å². The molecule has 2 nitrogen and oxygen atoms in total. The second-order valence-electron chi connectivity index (χ2n) is 2.40. The third-order valence-corrected chi connectivity index (χ3v) is 2.20. The Morgan fingerprint density at radius 1 is 1.38 bits per heavy atom. The van der Waals surface area contributed by atoms with Gasteiger partial charge in [-0.3, -0.25) is 9.59 Å². The first kappa shape index (κ1) is 10.4. The van der Waals surface area contributed by atoms with Gasteiger partial charge in [0.15, 0.2) is 0 Å². The summed E-state index contributed by atoms with van der Waals surface area (Å²) < 4.78 is 0.765. The highest BCUT2D eigenvalue weighted by atomic mass is 79.9. The van der Waals surface area contributed by atoms with Crippen LogP contribution in [-0.4, -0.2) is 17.4 Å². The average molecular weight is 262 g/mol. The van der Waals surface area contributed by atoms with E-state index in [0.29, 0.717) is 5.56 Å². The van der Waals surface area contributed by atoms with Crippen molar-refractivity contribution in [3.05, 3.63) is 34.3 Å². The molecule has 0 spiro atoms. The van der Waals surface area contributed by atoms with Gasteiger partial charge in [-0.05, 0) is 12.1 Å². The molecule has 0 fully saturated rings. The van der Waals surface area contributed by atoms with E-state index < -0.39 is 11.6 Å². The Kier molecular flexibility index (Phi) is 3.63. The fraction of sp³-hybridized carbons (Fsp3) is 0.111. The number of hydrogen-bond donors (Lipinski definition) is 0. The summed E-state index contributed by atoms with van der Waals surface area (Å²) in [5.74, 6) is -1.40. The van der Waals surface area contributed by atoms with Gasteiger partial charge in [0, 0.05) is 10.0 Å². The predicted molar refractivity (Wildman–Crippen MR) is 54.2 cm³/mol. The lowest BCUT2D eigenvalue weighted by atomic mass is 10.1. The van der Waals surface area contributed by atoms with Gasteiger partial charge in [0.2, 0.25) is 11.6 Å². The summed E-state index contributed by atoms with van der Waals surface area (Å²) in [6.07, 6.45) is 0. The third kappa shape index (κ3) is 2.64. The molecular formula is C9H6BrClO2. The lowest BCUT2D eigenvalue weighted by molar-refractivity contribution is -0.112. The van der Waals surface area contributed by atoms with E-state index in [1.54, 1.807) is 24.3 Å². The van der Waals surface area contributed by atoms with Crippen LogP contribution in [0.4, 0.5) is 0 Å². The minimum absolute atomic E-state index is 0.272. The number of Topliss-reactive ketones (excluding diaryl/α,β-unsaturated/α-hetero) is 2. The van der Waals surface area contributed by atoms with Gasteiger partial charge >= 0.3 is 0 Å². The molecule has 4 heteroatoms. The Morgan fingerprint density at radius 2 is 2.08 bits per heavy atom. The van der Waals surface area contributed by atoms with Gasteiger partial charge in [0.05, 0.1) is 5.88 Å². The first-order chi connectivity index (χ1) is 6.15. The van der Waals surface area contributed by atoms with Crippen molar-refractivity contribution < 1.29 is 9.59 Å². The Balaban J connectivity index is 2.95.